The van der Waals surface area contributed by atoms with E-state index in [4.69, 9.17) is 28.3 Å². The van der Waals surface area contributed by atoms with E-state index in [2.05, 4.69) is 0 Å². The smallest absolute Gasteiger partial charge is 0.407 e. The molecular weight excluding hydrogens is 275 g/mol. The van der Waals surface area contributed by atoms with Crippen molar-refractivity contribution in [3.63, 3.8) is 0 Å². The van der Waals surface area contributed by atoms with Gasteiger partial charge in [-0.15, -0.1) is 0 Å². The Morgan fingerprint density at radius 2 is 2.06 bits per heavy atom. The number of halogens is 2. The van der Waals surface area contributed by atoms with Crippen LogP contribution in [0.2, 0.25) is 10.0 Å². The van der Waals surface area contributed by atoms with Crippen LogP contribution in [0.15, 0.2) is 18.2 Å². The second-order valence-corrected chi connectivity index (χ2v) is 5.08. The molecule has 1 aliphatic heterocycles. The van der Waals surface area contributed by atoms with Crippen molar-refractivity contribution in [2.75, 3.05) is 6.54 Å². The Morgan fingerprint density at radius 3 is 2.78 bits per heavy atom. The minimum atomic E-state index is -0.893. The second-order valence-electron chi connectivity index (χ2n) is 4.29. The third kappa shape index (κ3) is 1.64. The molecule has 94 valence electrons. The summed E-state index contributed by atoms with van der Waals surface area (Å²) in [6.07, 6.45) is -0.893. The van der Waals surface area contributed by atoms with Gasteiger partial charge in [-0.05, 0) is 12.1 Å². The fourth-order valence-corrected chi connectivity index (χ4v) is 2.82. The minimum absolute atomic E-state index is 0.387. The van der Waals surface area contributed by atoms with Crippen molar-refractivity contribution in [1.29, 1.82) is 0 Å². The standard InChI is InChI=1S/C12H10Cl2N2O2/c13-9-2-1-7-5-8-6-15(12(17)18)3-4-16(8)11(7)10(9)14/h1-2,5H,3-4,6H2,(H,17,18). The van der Waals surface area contributed by atoms with Crippen molar-refractivity contribution >= 4 is 40.2 Å². The molecule has 0 spiro atoms. The normalized spacial score (nSPS) is 14.9. The highest BCUT2D eigenvalue weighted by Crippen LogP contribution is 2.34. The fraction of sp³-hybridized carbons (Fsp3) is 0.250. The van der Waals surface area contributed by atoms with E-state index in [9.17, 15) is 4.79 Å². The minimum Gasteiger partial charge on any atom is -0.465 e. The van der Waals surface area contributed by atoms with Gasteiger partial charge in [-0.25, -0.2) is 4.79 Å². The van der Waals surface area contributed by atoms with Crippen LogP contribution in [0, 0.1) is 0 Å². The van der Waals surface area contributed by atoms with Crippen molar-refractivity contribution < 1.29 is 9.90 Å². The monoisotopic (exact) mass is 284 g/mol. The van der Waals surface area contributed by atoms with Gasteiger partial charge in [0.1, 0.15) is 0 Å². The molecule has 0 fully saturated rings. The van der Waals surface area contributed by atoms with Crippen molar-refractivity contribution in [1.82, 2.24) is 9.47 Å². The van der Waals surface area contributed by atoms with Gasteiger partial charge in [-0.2, -0.15) is 0 Å². The van der Waals surface area contributed by atoms with Crippen molar-refractivity contribution in [2.24, 2.45) is 0 Å². The van der Waals surface area contributed by atoms with E-state index in [0.717, 1.165) is 16.6 Å². The van der Waals surface area contributed by atoms with Crippen molar-refractivity contribution in [2.45, 2.75) is 13.1 Å². The highest BCUT2D eigenvalue weighted by molar-refractivity contribution is 6.45. The Kier molecular flexibility index (Phi) is 2.64. The molecule has 1 N–H and O–H groups in total. The molecule has 1 amide bonds. The summed E-state index contributed by atoms with van der Waals surface area (Å²) in [5.74, 6) is 0. The Balaban J connectivity index is 2.16. The number of amides is 1. The molecular formula is C12H10Cl2N2O2. The largest absolute Gasteiger partial charge is 0.465 e. The number of nitrogens with zero attached hydrogens (tertiary/aromatic N) is 2. The lowest BCUT2D eigenvalue weighted by molar-refractivity contribution is 0.133. The second kappa shape index (κ2) is 4.07. The summed E-state index contributed by atoms with van der Waals surface area (Å²) < 4.78 is 2.04. The van der Waals surface area contributed by atoms with E-state index in [1.54, 1.807) is 6.07 Å². The maximum absolute atomic E-state index is 11.0. The van der Waals surface area contributed by atoms with Gasteiger partial charge in [0.15, 0.2) is 0 Å². The first kappa shape index (κ1) is 11.7. The molecule has 1 aromatic carbocycles. The molecule has 1 aliphatic rings. The first-order valence-electron chi connectivity index (χ1n) is 5.52. The first-order valence-corrected chi connectivity index (χ1v) is 6.27. The summed E-state index contributed by atoms with van der Waals surface area (Å²) in [4.78, 5) is 12.4. The average molecular weight is 285 g/mol. The number of carbonyl (C=O) groups is 1. The molecule has 0 saturated carbocycles. The number of aromatic nitrogens is 1. The molecule has 1 aromatic heterocycles. The molecule has 0 unspecified atom stereocenters. The highest BCUT2D eigenvalue weighted by atomic mass is 35.5. The van der Waals surface area contributed by atoms with Crippen molar-refractivity contribution in [3.05, 3.63) is 33.9 Å². The average Bonchev–Trinajstić information content (AvgIpc) is 2.71. The maximum Gasteiger partial charge on any atom is 0.407 e. The molecule has 0 atom stereocenters. The van der Waals surface area contributed by atoms with E-state index in [-0.39, 0.29) is 0 Å². The molecule has 18 heavy (non-hydrogen) atoms. The van der Waals surface area contributed by atoms with Crippen LogP contribution in [0.25, 0.3) is 10.9 Å². The maximum atomic E-state index is 11.0. The highest BCUT2D eigenvalue weighted by Gasteiger charge is 2.23. The summed E-state index contributed by atoms with van der Waals surface area (Å²) in [6.45, 7) is 1.46. The van der Waals surface area contributed by atoms with Crippen LogP contribution in [0.4, 0.5) is 4.79 Å². The van der Waals surface area contributed by atoms with Gasteiger partial charge in [0, 0.05) is 24.2 Å². The zero-order valence-corrected chi connectivity index (χ0v) is 10.9. The van der Waals surface area contributed by atoms with E-state index in [0.29, 0.717) is 29.7 Å². The number of rotatable bonds is 0. The van der Waals surface area contributed by atoms with Gasteiger partial charge in [-0.1, -0.05) is 29.3 Å². The van der Waals surface area contributed by atoms with Crippen LogP contribution >= 0.6 is 23.2 Å². The van der Waals surface area contributed by atoms with Crippen LogP contribution in [0.5, 0.6) is 0 Å². The van der Waals surface area contributed by atoms with Gasteiger partial charge >= 0.3 is 6.09 Å². The molecule has 0 radical (unpaired) electrons. The van der Waals surface area contributed by atoms with Crippen LogP contribution < -0.4 is 0 Å². The van der Waals surface area contributed by atoms with Gasteiger partial charge in [0.25, 0.3) is 0 Å². The Morgan fingerprint density at radius 1 is 1.28 bits per heavy atom. The number of hydrogen-bond donors (Lipinski definition) is 1. The number of carboxylic acid groups (broad SMARTS) is 1. The summed E-state index contributed by atoms with van der Waals surface area (Å²) in [5, 5.41) is 11.1. The first-order chi connectivity index (χ1) is 8.58. The van der Waals surface area contributed by atoms with Gasteiger partial charge in [-0.3, -0.25) is 0 Å². The zero-order valence-electron chi connectivity index (χ0n) is 9.36. The van der Waals surface area contributed by atoms with E-state index >= 15 is 0 Å². The topological polar surface area (TPSA) is 45.5 Å². The Hall–Kier alpha value is -1.39. The lowest BCUT2D eigenvalue weighted by atomic mass is 10.2. The third-order valence-corrected chi connectivity index (χ3v) is 4.05. The van der Waals surface area contributed by atoms with Crippen LogP contribution in [0.1, 0.15) is 5.69 Å². The molecule has 2 aromatic rings. The van der Waals surface area contributed by atoms with Gasteiger partial charge < -0.3 is 14.6 Å². The van der Waals surface area contributed by atoms with Crippen LogP contribution in [-0.4, -0.2) is 27.2 Å². The lowest BCUT2D eigenvalue weighted by Crippen LogP contribution is -2.36. The molecule has 6 heteroatoms. The third-order valence-electron chi connectivity index (χ3n) is 3.26. The molecule has 2 heterocycles. The number of fused-ring (bicyclic) bond motifs is 3. The van der Waals surface area contributed by atoms with E-state index < -0.39 is 6.09 Å². The van der Waals surface area contributed by atoms with E-state index in [1.807, 2.05) is 16.7 Å². The fourth-order valence-electron chi connectivity index (χ4n) is 2.39. The summed E-state index contributed by atoms with van der Waals surface area (Å²) in [6, 6.07) is 5.62. The molecule has 0 saturated heterocycles. The lowest BCUT2D eigenvalue weighted by Gasteiger charge is -2.26. The quantitative estimate of drug-likeness (QED) is 0.805. The van der Waals surface area contributed by atoms with Crippen LogP contribution in [0.3, 0.4) is 0 Å². The molecule has 0 bridgehead atoms. The van der Waals surface area contributed by atoms with Crippen LogP contribution in [-0.2, 0) is 13.1 Å². The van der Waals surface area contributed by atoms with E-state index in [1.165, 1.54) is 4.90 Å². The Bertz CT molecular complexity index is 651. The number of benzene rings is 1. The van der Waals surface area contributed by atoms with Crippen molar-refractivity contribution in [3.8, 4) is 0 Å². The van der Waals surface area contributed by atoms with Gasteiger partial charge in [0.05, 0.1) is 22.1 Å². The predicted octanol–water partition coefficient (Wildman–Crippen LogP) is 3.44. The number of hydrogen-bond acceptors (Lipinski definition) is 1. The predicted molar refractivity (Wildman–Crippen MR) is 70.4 cm³/mol. The molecule has 4 nitrogen and oxygen atoms in total. The summed E-state index contributed by atoms with van der Waals surface area (Å²) in [5.41, 5.74) is 1.84. The SMILES string of the molecule is O=C(O)N1CCn2c(cc3ccc(Cl)c(Cl)c32)C1. The molecule has 0 aliphatic carbocycles. The zero-order chi connectivity index (χ0) is 12.9. The van der Waals surface area contributed by atoms with Gasteiger partial charge in [0.2, 0.25) is 0 Å². The molecule has 3 rings (SSSR count). The summed E-state index contributed by atoms with van der Waals surface area (Å²) in [7, 11) is 0. The summed E-state index contributed by atoms with van der Waals surface area (Å²) >= 11 is 12.2. The Labute approximate surface area is 113 Å².